The summed E-state index contributed by atoms with van der Waals surface area (Å²) in [6, 6.07) is 19.4. The first-order chi connectivity index (χ1) is 8.88. The van der Waals surface area contributed by atoms with Gasteiger partial charge in [0.2, 0.25) is 0 Å². The molecule has 0 saturated heterocycles. The first-order valence-electron chi connectivity index (χ1n) is 6.68. The van der Waals surface area contributed by atoms with Crippen molar-refractivity contribution in [3.05, 3.63) is 77.4 Å². The van der Waals surface area contributed by atoms with E-state index in [-0.39, 0.29) is 0 Å². The highest BCUT2D eigenvalue weighted by molar-refractivity contribution is 5.50. The molecular formula is C18H20. The van der Waals surface area contributed by atoms with Crippen molar-refractivity contribution in [1.29, 1.82) is 0 Å². The van der Waals surface area contributed by atoms with Crippen molar-refractivity contribution in [3.63, 3.8) is 0 Å². The lowest BCUT2D eigenvalue weighted by atomic mass is 10.1. The third kappa shape index (κ3) is 3.89. The van der Waals surface area contributed by atoms with Crippen LogP contribution in [0.25, 0.3) is 6.08 Å². The second-order valence-corrected chi connectivity index (χ2v) is 4.58. The number of allylic oxidation sites excluding steroid dienone is 1. The van der Waals surface area contributed by atoms with Crippen molar-refractivity contribution < 1.29 is 0 Å². The average molecular weight is 236 g/mol. The van der Waals surface area contributed by atoms with E-state index in [1.807, 2.05) is 0 Å². The number of benzene rings is 2. The zero-order chi connectivity index (χ0) is 12.6. The third-order valence-electron chi connectivity index (χ3n) is 3.03. The summed E-state index contributed by atoms with van der Waals surface area (Å²) in [7, 11) is 0. The molecule has 0 unspecified atom stereocenters. The van der Waals surface area contributed by atoms with E-state index in [9.17, 15) is 0 Å². The van der Waals surface area contributed by atoms with Gasteiger partial charge < -0.3 is 0 Å². The predicted octanol–water partition coefficient (Wildman–Crippen LogP) is 4.90. The SMILES string of the molecule is CCCc1ccc(/C=C/Cc2ccccc2)cc1. The van der Waals surface area contributed by atoms with Gasteiger partial charge in [0.1, 0.15) is 0 Å². The topological polar surface area (TPSA) is 0 Å². The highest BCUT2D eigenvalue weighted by atomic mass is 14.0. The van der Waals surface area contributed by atoms with E-state index in [1.54, 1.807) is 0 Å². The van der Waals surface area contributed by atoms with Gasteiger partial charge >= 0.3 is 0 Å². The molecular weight excluding hydrogens is 216 g/mol. The van der Waals surface area contributed by atoms with Gasteiger partial charge in [-0.25, -0.2) is 0 Å². The van der Waals surface area contributed by atoms with Crippen LogP contribution in [0.15, 0.2) is 60.7 Å². The van der Waals surface area contributed by atoms with Crippen molar-refractivity contribution in [3.8, 4) is 0 Å². The molecule has 0 bridgehead atoms. The smallest absolute Gasteiger partial charge is 0.00941 e. The summed E-state index contributed by atoms with van der Waals surface area (Å²) >= 11 is 0. The zero-order valence-corrected chi connectivity index (χ0v) is 11.0. The quantitative estimate of drug-likeness (QED) is 0.693. The highest BCUT2D eigenvalue weighted by Crippen LogP contribution is 2.09. The molecule has 0 heterocycles. The van der Waals surface area contributed by atoms with E-state index in [1.165, 1.54) is 29.5 Å². The lowest BCUT2D eigenvalue weighted by Gasteiger charge is -1.99. The van der Waals surface area contributed by atoms with Crippen LogP contribution >= 0.6 is 0 Å². The Morgan fingerprint density at radius 2 is 1.56 bits per heavy atom. The average Bonchev–Trinajstić information content (AvgIpc) is 2.42. The lowest BCUT2D eigenvalue weighted by molar-refractivity contribution is 0.922. The fraction of sp³-hybridized carbons (Fsp3) is 0.222. The summed E-state index contributed by atoms with van der Waals surface area (Å²) in [6.45, 7) is 2.22. The summed E-state index contributed by atoms with van der Waals surface area (Å²) in [6.07, 6.45) is 7.81. The Morgan fingerprint density at radius 1 is 0.833 bits per heavy atom. The van der Waals surface area contributed by atoms with E-state index < -0.39 is 0 Å². The summed E-state index contributed by atoms with van der Waals surface area (Å²) in [5, 5.41) is 0. The Balaban J connectivity index is 1.93. The number of aryl methyl sites for hydroxylation is 1. The second kappa shape index (κ2) is 6.80. The van der Waals surface area contributed by atoms with Crippen molar-refractivity contribution in [2.24, 2.45) is 0 Å². The summed E-state index contributed by atoms with van der Waals surface area (Å²) < 4.78 is 0. The van der Waals surface area contributed by atoms with Crippen LogP contribution in [0.3, 0.4) is 0 Å². The Morgan fingerprint density at radius 3 is 2.22 bits per heavy atom. The summed E-state index contributed by atoms with van der Waals surface area (Å²) in [5.74, 6) is 0. The molecule has 2 aromatic carbocycles. The monoisotopic (exact) mass is 236 g/mol. The van der Waals surface area contributed by atoms with Crippen LogP contribution in [-0.2, 0) is 12.8 Å². The molecule has 0 aromatic heterocycles. The van der Waals surface area contributed by atoms with Gasteiger partial charge in [-0.15, -0.1) is 0 Å². The van der Waals surface area contributed by atoms with E-state index in [4.69, 9.17) is 0 Å². The standard InChI is InChI=1S/C18H20/c1-2-7-16-12-14-18(15-13-16)11-6-10-17-8-4-3-5-9-17/h3-6,8-9,11-15H,2,7,10H2,1H3/b11-6+. The Hall–Kier alpha value is -1.82. The van der Waals surface area contributed by atoms with Gasteiger partial charge in [0, 0.05) is 0 Å². The third-order valence-corrected chi connectivity index (χ3v) is 3.03. The van der Waals surface area contributed by atoms with Gasteiger partial charge in [-0.3, -0.25) is 0 Å². The van der Waals surface area contributed by atoms with E-state index in [2.05, 4.69) is 73.7 Å². The minimum atomic E-state index is 0.998. The maximum Gasteiger partial charge on any atom is -0.00941 e. The van der Waals surface area contributed by atoms with Crippen LogP contribution in [0.1, 0.15) is 30.0 Å². The molecule has 0 saturated carbocycles. The molecule has 18 heavy (non-hydrogen) atoms. The van der Waals surface area contributed by atoms with Crippen LogP contribution < -0.4 is 0 Å². The molecule has 0 radical (unpaired) electrons. The largest absolute Gasteiger partial charge is 0.0795 e. The molecule has 2 aromatic rings. The van der Waals surface area contributed by atoms with Crippen LogP contribution in [0, 0.1) is 0 Å². The normalized spacial score (nSPS) is 10.9. The molecule has 0 atom stereocenters. The molecule has 0 aliphatic heterocycles. The van der Waals surface area contributed by atoms with Gasteiger partial charge in [-0.2, -0.15) is 0 Å². The molecule has 0 spiro atoms. The Kier molecular flexibility index (Phi) is 4.78. The van der Waals surface area contributed by atoms with Crippen molar-refractivity contribution in [2.45, 2.75) is 26.2 Å². The summed E-state index contributed by atoms with van der Waals surface area (Å²) in [4.78, 5) is 0. The van der Waals surface area contributed by atoms with E-state index in [0.717, 1.165) is 6.42 Å². The maximum absolute atomic E-state index is 2.23. The Bertz CT molecular complexity index is 477. The summed E-state index contributed by atoms with van der Waals surface area (Å²) in [5.41, 5.74) is 4.07. The van der Waals surface area contributed by atoms with Gasteiger partial charge in [0.15, 0.2) is 0 Å². The highest BCUT2D eigenvalue weighted by Gasteiger charge is 1.91. The van der Waals surface area contributed by atoms with Crippen LogP contribution in [0.4, 0.5) is 0 Å². The first-order valence-corrected chi connectivity index (χ1v) is 6.68. The fourth-order valence-electron chi connectivity index (χ4n) is 2.03. The van der Waals surface area contributed by atoms with Crippen molar-refractivity contribution >= 4 is 6.08 Å². The fourth-order valence-corrected chi connectivity index (χ4v) is 2.03. The molecule has 0 aliphatic carbocycles. The minimum absolute atomic E-state index is 0.998. The minimum Gasteiger partial charge on any atom is -0.0795 e. The lowest BCUT2D eigenvalue weighted by Crippen LogP contribution is -1.83. The zero-order valence-electron chi connectivity index (χ0n) is 11.0. The van der Waals surface area contributed by atoms with Gasteiger partial charge in [-0.05, 0) is 29.5 Å². The number of hydrogen-bond acceptors (Lipinski definition) is 0. The molecule has 0 heteroatoms. The first kappa shape index (κ1) is 12.6. The second-order valence-electron chi connectivity index (χ2n) is 4.58. The van der Waals surface area contributed by atoms with Crippen molar-refractivity contribution in [2.75, 3.05) is 0 Å². The van der Waals surface area contributed by atoms with Crippen LogP contribution in [0.5, 0.6) is 0 Å². The molecule has 92 valence electrons. The molecule has 0 N–H and O–H groups in total. The molecule has 0 nitrogen and oxygen atoms in total. The molecule has 0 fully saturated rings. The van der Waals surface area contributed by atoms with Gasteiger partial charge in [0.05, 0.1) is 0 Å². The van der Waals surface area contributed by atoms with E-state index >= 15 is 0 Å². The maximum atomic E-state index is 2.23. The van der Waals surface area contributed by atoms with E-state index in [0.29, 0.717) is 0 Å². The molecule has 2 rings (SSSR count). The molecule has 0 aliphatic rings. The predicted molar refractivity (Wildman–Crippen MR) is 79.6 cm³/mol. The van der Waals surface area contributed by atoms with Gasteiger partial charge in [0.25, 0.3) is 0 Å². The Labute approximate surface area is 110 Å². The van der Waals surface area contributed by atoms with Gasteiger partial charge in [-0.1, -0.05) is 80.1 Å². The van der Waals surface area contributed by atoms with Crippen LogP contribution in [0.2, 0.25) is 0 Å². The molecule has 0 amide bonds. The number of hydrogen-bond donors (Lipinski definition) is 0. The van der Waals surface area contributed by atoms with Crippen LogP contribution in [-0.4, -0.2) is 0 Å². The van der Waals surface area contributed by atoms with Crippen molar-refractivity contribution in [1.82, 2.24) is 0 Å². The number of rotatable bonds is 5.